The number of nitrogens with zero attached hydrogens (tertiary/aromatic N) is 2. The molecule has 0 aliphatic carbocycles. The van der Waals surface area contributed by atoms with E-state index in [0.717, 1.165) is 43.1 Å². The number of anilines is 1. The number of amidine groups is 1. The predicted molar refractivity (Wildman–Crippen MR) is 123 cm³/mol. The third kappa shape index (κ3) is 6.53. The van der Waals surface area contributed by atoms with Gasteiger partial charge >= 0.3 is 0 Å². The Bertz CT molecular complexity index is 858. The van der Waals surface area contributed by atoms with E-state index in [1.807, 2.05) is 12.1 Å². The zero-order valence-electron chi connectivity index (χ0n) is 18.4. The number of rotatable bonds is 10. The number of carbonyl (C=O) groups excluding carboxylic acids is 1. The van der Waals surface area contributed by atoms with Crippen LogP contribution >= 0.6 is 0 Å². The Morgan fingerprint density at radius 3 is 2.59 bits per heavy atom. The third-order valence-corrected chi connectivity index (χ3v) is 5.21. The summed E-state index contributed by atoms with van der Waals surface area (Å²) in [4.78, 5) is 21.3. The molecule has 0 radical (unpaired) electrons. The maximum atomic E-state index is 12.7. The number of hydrogen-bond acceptors (Lipinski definition) is 4. The lowest BCUT2D eigenvalue weighted by molar-refractivity contribution is 0.100. The Kier molecular flexibility index (Phi) is 8.58. The normalized spacial score (nSPS) is 14.0. The van der Waals surface area contributed by atoms with Crippen LogP contribution in [-0.4, -0.2) is 35.4 Å². The van der Waals surface area contributed by atoms with E-state index in [1.54, 1.807) is 6.92 Å². The molecule has 29 heavy (non-hydrogen) atoms. The monoisotopic (exact) mass is 397 g/mol. The second kappa shape index (κ2) is 10.9. The number of hydrogen-bond donors (Lipinski definition) is 3. The quantitative estimate of drug-likeness (QED) is 0.411. The van der Waals surface area contributed by atoms with E-state index in [-0.39, 0.29) is 11.7 Å². The van der Waals surface area contributed by atoms with Gasteiger partial charge in [0.05, 0.1) is 11.1 Å². The summed E-state index contributed by atoms with van der Waals surface area (Å²) in [5.74, 6) is 0.441. The first kappa shape index (κ1) is 22.8. The molecule has 4 N–H and O–H groups in total. The molecule has 0 saturated carbocycles. The van der Waals surface area contributed by atoms with Gasteiger partial charge in [-0.2, -0.15) is 4.99 Å². The summed E-state index contributed by atoms with van der Waals surface area (Å²) in [6.07, 6.45) is 4.04. The highest BCUT2D eigenvalue weighted by Gasteiger charge is 2.15. The van der Waals surface area contributed by atoms with Gasteiger partial charge in [-0.05, 0) is 63.3 Å². The molecule has 1 aromatic carbocycles. The lowest BCUT2D eigenvalue weighted by atomic mass is 10.1. The van der Waals surface area contributed by atoms with Gasteiger partial charge in [0.25, 0.3) is 5.91 Å². The fourth-order valence-corrected chi connectivity index (χ4v) is 3.25. The van der Waals surface area contributed by atoms with Gasteiger partial charge in [0, 0.05) is 24.0 Å². The fraction of sp³-hybridized carbons (Fsp3) is 0.522. The molecule has 0 aliphatic heterocycles. The molecule has 158 valence electrons. The fourth-order valence-electron chi connectivity index (χ4n) is 3.25. The summed E-state index contributed by atoms with van der Waals surface area (Å²) in [7, 11) is 0. The van der Waals surface area contributed by atoms with Crippen LogP contribution in [0.1, 0.15) is 69.8 Å². The van der Waals surface area contributed by atoms with Crippen molar-refractivity contribution in [2.24, 2.45) is 10.7 Å². The summed E-state index contributed by atoms with van der Waals surface area (Å²) in [6, 6.07) is 8.94. The molecule has 0 fully saturated rings. The first-order chi connectivity index (χ1) is 13.9. The number of fused-ring (bicyclic) bond motifs is 1. The van der Waals surface area contributed by atoms with E-state index in [1.165, 1.54) is 5.56 Å². The van der Waals surface area contributed by atoms with Crippen molar-refractivity contribution >= 4 is 28.5 Å². The smallest absolute Gasteiger partial charge is 0.282 e. The zero-order valence-corrected chi connectivity index (χ0v) is 18.4. The molecule has 2 aromatic rings. The van der Waals surface area contributed by atoms with E-state index in [4.69, 9.17) is 10.7 Å². The number of pyridine rings is 1. The van der Waals surface area contributed by atoms with E-state index in [0.29, 0.717) is 23.5 Å². The average Bonchev–Trinajstić information content (AvgIpc) is 2.71. The molecule has 2 rings (SSSR count). The minimum Gasteiger partial charge on any atom is -0.387 e. The first-order valence-electron chi connectivity index (χ1n) is 10.7. The van der Waals surface area contributed by atoms with Crippen molar-refractivity contribution in [1.29, 1.82) is 0 Å². The molecule has 6 nitrogen and oxygen atoms in total. The molecule has 2 atom stereocenters. The van der Waals surface area contributed by atoms with Crippen LogP contribution in [0.25, 0.3) is 10.9 Å². The van der Waals surface area contributed by atoms with Crippen LogP contribution in [0.15, 0.2) is 29.3 Å². The Labute approximate surface area is 174 Å². The van der Waals surface area contributed by atoms with E-state index >= 15 is 0 Å². The third-order valence-electron chi connectivity index (χ3n) is 5.21. The van der Waals surface area contributed by atoms with Crippen LogP contribution in [0.4, 0.5) is 5.82 Å². The van der Waals surface area contributed by atoms with Gasteiger partial charge in [-0.3, -0.25) is 4.79 Å². The first-order valence-corrected chi connectivity index (χ1v) is 10.7. The van der Waals surface area contributed by atoms with Crippen LogP contribution in [0.5, 0.6) is 0 Å². The predicted octanol–water partition coefficient (Wildman–Crippen LogP) is 4.28. The van der Waals surface area contributed by atoms with Crippen molar-refractivity contribution in [2.75, 3.05) is 11.9 Å². The van der Waals surface area contributed by atoms with Gasteiger partial charge in [-0.25, -0.2) is 4.98 Å². The SMILES string of the molecule is CCc1ccc2nc(NCCC(CC)NC(C)CC)c(C(=O)N=C(C)N)cc2c1. The molecular weight excluding hydrogens is 362 g/mol. The lowest BCUT2D eigenvalue weighted by Gasteiger charge is -2.22. The molecule has 1 amide bonds. The Morgan fingerprint density at radius 2 is 1.97 bits per heavy atom. The minimum atomic E-state index is -0.367. The highest BCUT2D eigenvalue weighted by atomic mass is 16.1. The summed E-state index contributed by atoms with van der Waals surface area (Å²) in [5.41, 5.74) is 8.16. The molecule has 0 bridgehead atoms. The zero-order chi connectivity index (χ0) is 21.4. The summed E-state index contributed by atoms with van der Waals surface area (Å²) < 4.78 is 0. The van der Waals surface area contributed by atoms with Crippen molar-refractivity contribution in [3.05, 3.63) is 35.4 Å². The Hall–Kier alpha value is -2.47. The van der Waals surface area contributed by atoms with Gasteiger partial charge in [0.1, 0.15) is 11.7 Å². The second-order valence-electron chi connectivity index (χ2n) is 7.62. The van der Waals surface area contributed by atoms with Crippen LogP contribution in [0.2, 0.25) is 0 Å². The van der Waals surface area contributed by atoms with E-state index in [2.05, 4.69) is 55.5 Å². The Morgan fingerprint density at radius 1 is 1.21 bits per heavy atom. The standard InChI is InChI=1S/C23H35N5O/c1-6-15(4)26-19(8-3)11-12-25-22-20(23(29)27-16(5)24)14-18-13-17(7-2)9-10-21(18)28-22/h9-10,13-15,19,26H,6-8,11-12H2,1-5H3,(H,25,28)(H2,24,27,29). The molecule has 1 heterocycles. The van der Waals surface area contributed by atoms with Crippen LogP contribution in [-0.2, 0) is 6.42 Å². The van der Waals surface area contributed by atoms with Crippen molar-refractivity contribution < 1.29 is 4.79 Å². The number of nitrogens with one attached hydrogen (secondary N) is 2. The van der Waals surface area contributed by atoms with Crippen molar-refractivity contribution in [3.63, 3.8) is 0 Å². The molecule has 0 saturated heterocycles. The number of amides is 1. The highest BCUT2D eigenvalue weighted by Crippen LogP contribution is 2.23. The number of aryl methyl sites for hydroxylation is 1. The van der Waals surface area contributed by atoms with E-state index in [9.17, 15) is 4.79 Å². The lowest BCUT2D eigenvalue weighted by Crippen LogP contribution is -2.37. The molecule has 1 aromatic heterocycles. The number of aromatic nitrogens is 1. The summed E-state index contributed by atoms with van der Waals surface area (Å²) in [6.45, 7) is 11.0. The average molecular weight is 398 g/mol. The molecule has 2 unspecified atom stereocenters. The Balaban J connectivity index is 2.27. The highest BCUT2D eigenvalue weighted by molar-refractivity contribution is 6.07. The van der Waals surface area contributed by atoms with Gasteiger partial charge in [-0.1, -0.05) is 26.8 Å². The van der Waals surface area contributed by atoms with Gasteiger partial charge < -0.3 is 16.4 Å². The maximum Gasteiger partial charge on any atom is 0.282 e. The molecule has 0 aliphatic rings. The van der Waals surface area contributed by atoms with Gasteiger partial charge in [-0.15, -0.1) is 0 Å². The molecular formula is C23H35N5O. The molecule has 6 heteroatoms. The van der Waals surface area contributed by atoms with Gasteiger partial charge in [0.15, 0.2) is 0 Å². The summed E-state index contributed by atoms with van der Waals surface area (Å²) >= 11 is 0. The van der Waals surface area contributed by atoms with Crippen molar-refractivity contribution in [2.45, 2.75) is 72.4 Å². The number of benzene rings is 1. The van der Waals surface area contributed by atoms with Gasteiger partial charge in [0.2, 0.25) is 0 Å². The minimum absolute atomic E-state index is 0.243. The topological polar surface area (TPSA) is 92.4 Å². The van der Waals surface area contributed by atoms with Crippen LogP contribution < -0.4 is 16.4 Å². The number of aliphatic imine (C=N–C) groups is 1. The maximum absolute atomic E-state index is 12.7. The van der Waals surface area contributed by atoms with Crippen molar-refractivity contribution in [1.82, 2.24) is 10.3 Å². The number of carbonyl (C=O) groups is 1. The van der Waals surface area contributed by atoms with Crippen LogP contribution in [0.3, 0.4) is 0 Å². The number of nitrogens with two attached hydrogens (primary N) is 1. The van der Waals surface area contributed by atoms with Crippen LogP contribution in [0, 0.1) is 0 Å². The van der Waals surface area contributed by atoms with Crippen molar-refractivity contribution in [3.8, 4) is 0 Å². The largest absolute Gasteiger partial charge is 0.387 e. The van der Waals surface area contributed by atoms with E-state index < -0.39 is 0 Å². The molecule has 0 spiro atoms. The summed E-state index contributed by atoms with van der Waals surface area (Å²) in [5, 5.41) is 7.94. The second-order valence-corrected chi connectivity index (χ2v) is 7.62.